The topological polar surface area (TPSA) is 79.0 Å². The maximum atomic E-state index is 13.3. The summed E-state index contributed by atoms with van der Waals surface area (Å²) in [5, 5.41) is 1.94. The highest BCUT2D eigenvalue weighted by atomic mass is 35.5. The van der Waals surface area contributed by atoms with Crippen molar-refractivity contribution in [2.75, 3.05) is 17.0 Å². The summed E-state index contributed by atoms with van der Waals surface area (Å²) in [6, 6.07) is 13.0. The van der Waals surface area contributed by atoms with Gasteiger partial charge in [-0.3, -0.25) is 20.0 Å². The van der Waals surface area contributed by atoms with Gasteiger partial charge in [0.1, 0.15) is 0 Å². The van der Waals surface area contributed by atoms with Crippen molar-refractivity contribution in [1.29, 1.82) is 0 Å². The Morgan fingerprint density at radius 3 is 2.50 bits per heavy atom. The zero-order valence-electron chi connectivity index (χ0n) is 15.1. The van der Waals surface area contributed by atoms with Gasteiger partial charge < -0.3 is 4.74 Å². The number of benzene rings is 2. The molecule has 0 bridgehead atoms. The monoisotopic (exact) mass is 397 g/mol. The lowest BCUT2D eigenvalue weighted by molar-refractivity contribution is -0.136. The molecule has 4 rings (SSSR count). The lowest BCUT2D eigenvalue weighted by Gasteiger charge is -2.26. The average Bonchev–Trinajstić information content (AvgIpc) is 3.22. The van der Waals surface area contributed by atoms with Gasteiger partial charge in [0.2, 0.25) is 0 Å². The number of fused-ring (bicyclic) bond motifs is 1. The Balaban J connectivity index is 1.86. The number of methoxy groups -OCH3 is 1. The first kappa shape index (κ1) is 18.1. The van der Waals surface area contributed by atoms with Crippen LogP contribution in [0.1, 0.15) is 5.56 Å². The molecule has 28 heavy (non-hydrogen) atoms. The number of esters is 1. The van der Waals surface area contributed by atoms with Crippen molar-refractivity contribution in [3.63, 3.8) is 0 Å². The molecule has 2 aromatic rings. The van der Waals surface area contributed by atoms with Crippen molar-refractivity contribution in [3.05, 3.63) is 70.4 Å². The van der Waals surface area contributed by atoms with E-state index in [1.807, 2.05) is 6.07 Å². The molecule has 2 aromatic carbocycles. The first-order valence-electron chi connectivity index (χ1n) is 8.52. The number of nitrogens with one attached hydrogen (secondary N) is 1. The van der Waals surface area contributed by atoms with Gasteiger partial charge in [0.25, 0.3) is 11.8 Å². The molecular weight excluding hydrogens is 382 g/mol. The number of hydrogen-bond donors (Lipinski definition) is 1. The molecule has 0 unspecified atom stereocenters. The summed E-state index contributed by atoms with van der Waals surface area (Å²) < 4.78 is 4.80. The van der Waals surface area contributed by atoms with Crippen molar-refractivity contribution in [3.8, 4) is 0 Å². The average molecular weight is 398 g/mol. The van der Waals surface area contributed by atoms with E-state index in [-0.39, 0.29) is 11.3 Å². The molecule has 1 saturated heterocycles. The van der Waals surface area contributed by atoms with Crippen LogP contribution in [0.3, 0.4) is 0 Å². The van der Waals surface area contributed by atoms with E-state index in [4.69, 9.17) is 16.3 Å². The molecule has 0 aliphatic carbocycles. The summed E-state index contributed by atoms with van der Waals surface area (Å²) in [6.07, 6.45) is 0. The van der Waals surface area contributed by atoms with Gasteiger partial charge in [0, 0.05) is 5.02 Å². The predicted octanol–water partition coefficient (Wildman–Crippen LogP) is 2.34. The Bertz CT molecular complexity index is 1040. The molecule has 0 spiro atoms. The Morgan fingerprint density at radius 1 is 1.11 bits per heavy atom. The van der Waals surface area contributed by atoms with E-state index < -0.39 is 23.8 Å². The van der Waals surface area contributed by atoms with Gasteiger partial charge in [-0.15, -0.1) is 0 Å². The van der Waals surface area contributed by atoms with Crippen LogP contribution in [0.15, 0.2) is 59.8 Å². The number of hydrogen-bond acceptors (Lipinski definition) is 6. The second-order valence-electron chi connectivity index (χ2n) is 6.36. The summed E-state index contributed by atoms with van der Waals surface area (Å²) in [5.41, 5.74) is 4.50. The molecule has 1 fully saturated rings. The zero-order valence-corrected chi connectivity index (χ0v) is 15.9. The molecule has 0 radical (unpaired) electrons. The Hall–Kier alpha value is -3.32. The predicted molar refractivity (Wildman–Crippen MR) is 104 cm³/mol. The number of para-hydroxylation sites is 1. The van der Waals surface area contributed by atoms with E-state index in [1.165, 1.54) is 12.1 Å². The molecular formula is C20H16ClN3O4. The molecule has 7 nitrogen and oxygen atoms in total. The van der Waals surface area contributed by atoms with Crippen molar-refractivity contribution in [1.82, 2.24) is 5.43 Å². The fourth-order valence-electron chi connectivity index (χ4n) is 3.44. The molecule has 2 amide bonds. The number of carbonyl (C=O) groups excluding carboxylic acids is 3. The summed E-state index contributed by atoms with van der Waals surface area (Å²) in [6.45, 7) is 1.73. The van der Waals surface area contributed by atoms with Gasteiger partial charge in [-0.25, -0.2) is 9.69 Å². The first-order valence-corrected chi connectivity index (χ1v) is 8.90. The van der Waals surface area contributed by atoms with Gasteiger partial charge >= 0.3 is 5.97 Å². The molecule has 8 heteroatoms. The van der Waals surface area contributed by atoms with Crippen molar-refractivity contribution in [2.45, 2.75) is 13.0 Å². The van der Waals surface area contributed by atoms with E-state index >= 15 is 0 Å². The number of ether oxygens (including phenoxy) is 1. The maximum Gasteiger partial charge on any atom is 0.356 e. The molecule has 142 valence electrons. The highest BCUT2D eigenvalue weighted by Crippen LogP contribution is 2.38. The van der Waals surface area contributed by atoms with Gasteiger partial charge in [-0.05, 0) is 36.8 Å². The third-order valence-corrected chi connectivity index (χ3v) is 5.23. The fourth-order valence-corrected chi connectivity index (χ4v) is 3.61. The summed E-state index contributed by atoms with van der Waals surface area (Å²) in [4.78, 5) is 39.8. The number of amides is 2. The van der Waals surface area contributed by atoms with E-state index in [0.717, 1.165) is 4.90 Å². The highest BCUT2D eigenvalue weighted by Gasteiger charge is 2.54. The number of imide groups is 1. The van der Waals surface area contributed by atoms with Crippen LogP contribution in [0.25, 0.3) is 0 Å². The van der Waals surface area contributed by atoms with E-state index in [2.05, 4.69) is 5.43 Å². The molecule has 2 aliphatic heterocycles. The summed E-state index contributed by atoms with van der Waals surface area (Å²) in [5.74, 6) is -1.77. The number of hydrazine groups is 1. The first-order chi connectivity index (χ1) is 13.5. The number of nitrogens with zero attached hydrogens (tertiary/aromatic N) is 2. The van der Waals surface area contributed by atoms with Crippen LogP contribution in [0.4, 0.5) is 11.4 Å². The van der Waals surface area contributed by atoms with Crippen LogP contribution in [0.2, 0.25) is 5.02 Å². The van der Waals surface area contributed by atoms with Gasteiger partial charge in [0.15, 0.2) is 11.7 Å². The normalized spacial score (nSPS) is 18.5. The van der Waals surface area contributed by atoms with Crippen LogP contribution >= 0.6 is 11.6 Å². The van der Waals surface area contributed by atoms with Crippen LogP contribution in [-0.2, 0) is 19.1 Å². The standard InChI is InChI=1S/C20H16ClN3O4/c1-11-13(21)9-6-10-14(11)23-18(25)15-16(20(27)28-2)22-24(17(15)19(23)26)12-7-4-3-5-8-12/h3-10,17,22H,1-2H3/t17-/m0/s1. The lowest BCUT2D eigenvalue weighted by Crippen LogP contribution is -2.46. The molecule has 0 saturated carbocycles. The maximum absolute atomic E-state index is 13.3. The minimum Gasteiger partial charge on any atom is -0.464 e. The minimum absolute atomic E-state index is 0.0446. The Kier molecular flexibility index (Phi) is 4.31. The fraction of sp³-hybridized carbons (Fsp3) is 0.150. The smallest absolute Gasteiger partial charge is 0.356 e. The summed E-state index contributed by atoms with van der Waals surface area (Å²) in [7, 11) is 1.22. The van der Waals surface area contributed by atoms with Gasteiger partial charge in [-0.1, -0.05) is 35.9 Å². The van der Waals surface area contributed by atoms with Gasteiger partial charge in [0.05, 0.1) is 24.1 Å². The zero-order chi connectivity index (χ0) is 20.0. The SMILES string of the molecule is COC(=O)C1=C2C(=O)N(c3cccc(Cl)c3C)C(=O)[C@H]2N(c2ccccc2)N1. The molecule has 2 aliphatic rings. The van der Waals surface area contributed by atoms with Crippen LogP contribution in [0, 0.1) is 6.92 Å². The number of halogens is 1. The van der Waals surface area contributed by atoms with Crippen LogP contribution in [0.5, 0.6) is 0 Å². The quantitative estimate of drug-likeness (QED) is 0.632. The molecule has 2 heterocycles. The van der Waals surface area contributed by atoms with E-state index in [1.54, 1.807) is 49.4 Å². The molecule has 1 N–H and O–H groups in total. The number of carbonyl (C=O) groups is 3. The van der Waals surface area contributed by atoms with Crippen molar-refractivity contribution >= 4 is 40.8 Å². The minimum atomic E-state index is -0.984. The summed E-state index contributed by atoms with van der Waals surface area (Å²) >= 11 is 6.18. The highest BCUT2D eigenvalue weighted by molar-refractivity contribution is 6.35. The number of rotatable bonds is 3. The van der Waals surface area contributed by atoms with Crippen LogP contribution < -0.4 is 15.3 Å². The van der Waals surface area contributed by atoms with Crippen molar-refractivity contribution < 1.29 is 19.1 Å². The van der Waals surface area contributed by atoms with E-state index in [9.17, 15) is 14.4 Å². The molecule has 1 atom stereocenters. The third kappa shape index (κ3) is 2.55. The Morgan fingerprint density at radius 2 is 1.82 bits per heavy atom. The van der Waals surface area contributed by atoms with Crippen LogP contribution in [-0.4, -0.2) is 30.9 Å². The third-order valence-electron chi connectivity index (χ3n) is 4.82. The largest absolute Gasteiger partial charge is 0.464 e. The lowest BCUT2D eigenvalue weighted by atomic mass is 10.1. The Labute approximate surface area is 166 Å². The second-order valence-corrected chi connectivity index (χ2v) is 6.77. The second kappa shape index (κ2) is 6.69. The van der Waals surface area contributed by atoms with Crippen molar-refractivity contribution in [2.24, 2.45) is 0 Å². The number of anilines is 2. The molecule has 0 aromatic heterocycles. The van der Waals surface area contributed by atoms with Gasteiger partial charge in [-0.2, -0.15) is 0 Å². The van der Waals surface area contributed by atoms with E-state index in [0.29, 0.717) is 22.0 Å².